The third-order valence-corrected chi connectivity index (χ3v) is 6.94. The van der Waals surface area contributed by atoms with Gasteiger partial charge in [-0.1, -0.05) is 12.1 Å². The number of carbonyl (C=O) groups excluding carboxylic acids is 2. The summed E-state index contributed by atoms with van der Waals surface area (Å²) in [5, 5.41) is 4.07. The maximum atomic E-state index is 12.6. The summed E-state index contributed by atoms with van der Waals surface area (Å²) in [5.41, 5.74) is 0.506. The van der Waals surface area contributed by atoms with E-state index < -0.39 is 21.9 Å². The molecule has 1 saturated heterocycles. The number of ether oxygens (including phenoxy) is 2. The van der Waals surface area contributed by atoms with Gasteiger partial charge in [-0.2, -0.15) is 4.31 Å². The molecule has 27 heavy (non-hydrogen) atoms. The first-order chi connectivity index (χ1) is 12.9. The second-order valence-electron chi connectivity index (χ2n) is 5.65. The maximum Gasteiger partial charge on any atom is 0.339 e. The number of amides is 1. The lowest BCUT2D eigenvalue weighted by atomic mass is 10.2. The fraction of sp³-hybridized carbons (Fsp3) is 0.294. The van der Waals surface area contributed by atoms with E-state index in [1.54, 1.807) is 18.2 Å². The Morgan fingerprint density at radius 3 is 2.63 bits per heavy atom. The van der Waals surface area contributed by atoms with E-state index in [4.69, 9.17) is 9.47 Å². The van der Waals surface area contributed by atoms with Gasteiger partial charge in [-0.3, -0.25) is 4.79 Å². The first-order valence-corrected chi connectivity index (χ1v) is 10.4. The number of anilines is 1. The fourth-order valence-electron chi connectivity index (χ4n) is 2.57. The molecule has 2 aromatic rings. The number of hydrogen-bond acceptors (Lipinski definition) is 7. The van der Waals surface area contributed by atoms with Crippen LogP contribution in [0.1, 0.15) is 20.0 Å². The Hall–Kier alpha value is -2.27. The average Bonchev–Trinajstić information content (AvgIpc) is 3.20. The van der Waals surface area contributed by atoms with Crippen LogP contribution >= 0.6 is 11.3 Å². The SMILES string of the molecule is COC(=O)c1ccccc1NC(=O)c1cc(S(=O)(=O)N2CCOCC2)cs1. The summed E-state index contributed by atoms with van der Waals surface area (Å²) in [7, 11) is -2.41. The number of nitrogens with one attached hydrogen (secondary N) is 1. The smallest absolute Gasteiger partial charge is 0.339 e. The molecule has 1 aliphatic rings. The van der Waals surface area contributed by atoms with E-state index in [1.807, 2.05) is 0 Å². The molecule has 1 aromatic carbocycles. The van der Waals surface area contributed by atoms with E-state index in [0.717, 1.165) is 11.3 Å². The molecular formula is C17H18N2O6S2. The molecular weight excluding hydrogens is 392 g/mol. The Morgan fingerprint density at radius 2 is 1.93 bits per heavy atom. The number of morpholine rings is 1. The summed E-state index contributed by atoms with van der Waals surface area (Å²) in [4.78, 5) is 24.6. The highest BCUT2D eigenvalue weighted by atomic mass is 32.2. The van der Waals surface area contributed by atoms with Gasteiger partial charge in [-0.15, -0.1) is 11.3 Å². The van der Waals surface area contributed by atoms with E-state index in [2.05, 4.69) is 5.32 Å². The lowest BCUT2D eigenvalue weighted by Gasteiger charge is -2.25. The molecule has 1 amide bonds. The molecule has 0 unspecified atom stereocenters. The minimum absolute atomic E-state index is 0.0702. The van der Waals surface area contributed by atoms with Crippen LogP contribution in [0.3, 0.4) is 0 Å². The van der Waals surface area contributed by atoms with Crippen LogP contribution in [0.5, 0.6) is 0 Å². The predicted octanol–water partition coefficient (Wildman–Crippen LogP) is 1.81. The zero-order valence-electron chi connectivity index (χ0n) is 14.5. The summed E-state index contributed by atoms with van der Waals surface area (Å²) >= 11 is 1.02. The van der Waals surface area contributed by atoms with Gasteiger partial charge in [-0.05, 0) is 18.2 Å². The van der Waals surface area contributed by atoms with Crippen LogP contribution in [-0.4, -0.2) is 58.0 Å². The highest BCUT2D eigenvalue weighted by Crippen LogP contribution is 2.25. The zero-order valence-corrected chi connectivity index (χ0v) is 16.1. The number of carbonyl (C=O) groups is 2. The van der Waals surface area contributed by atoms with Crippen LogP contribution < -0.4 is 5.32 Å². The molecule has 10 heteroatoms. The number of sulfonamides is 1. The van der Waals surface area contributed by atoms with Gasteiger partial charge in [0, 0.05) is 18.5 Å². The van der Waals surface area contributed by atoms with E-state index in [0.29, 0.717) is 18.9 Å². The maximum absolute atomic E-state index is 12.6. The number of rotatable bonds is 5. The molecule has 0 spiro atoms. The van der Waals surface area contributed by atoms with Crippen molar-refractivity contribution in [2.75, 3.05) is 38.7 Å². The van der Waals surface area contributed by atoms with Crippen LogP contribution in [0.4, 0.5) is 5.69 Å². The standard InChI is InChI=1S/C17H18N2O6S2/c1-24-17(21)13-4-2-3-5-14(13)18-16(20)15-10-12(11-26-15)27(22,23)19-6-8-25-9-7-19/h2-5,10-11H,6-9H2,1H3,(H,18,20). The second-order valence-corrected chi connectivity index (χ2v) is 8.50. The number of methoxy groups -OCH3 is 1. The largest absolute Gasteiger partial charge is 0.465 e. The summed E-state index contributed by atoms with van der Waals surface area (Å²) in [5.74, 6) is -1.08. The summed E-state index contributed by atoms with van der Waals surface area (Å²) in [6.45, 7) is 1.26. The van der Waals surface area contributed by atoms with Crippen molar-refractivity contribution >= 4 is 38.9 Å². The molecule has 1 aliphatic heterocycles. The van der Waals surface area contributed by atoms with Crippen molar-refractivity contribution in [3.05, 3.63) is 46.2 Å². The molecule has 0 atom stereocenters. The molecule has 1 fully saturated rings. The van der Waals surface area contributed by atoms with Gasteiger partial charge in [0.05, 0.1) is 41.3 Å². The van der Waals surface area contributed by atoms with Crippen LogP contribution in [0.15, 0.2) is 40.6 Å². The van der Waals surface area contributed by atoms with E-state index in [9.17, 15) is 18.0 Å². The molecule has 2 heterocycles. The van der Waals surface area contributed by atoms with Crippen LogP contribution in [0.25, 0.3) is 0 Å². The monoisotopic (exact) mass is 410 g/mol. The average molecular weight is 410 g/mol. The molecule has 0 bridgehead atoms. The first kappa shape index (κ1) is 19.5. The Morgan fingerprint density at radius 1 is 1.22 bits per heavy atom. The third-order valence-electron chi connectivity index (χ3n) is 3.99. The number of para-hydroxylation sites is 1. The first-order valence-electron chi connectivity index (χ1n) is 8.08. The molecule has 0 radical (unpaired) electrons. The molecule has 1 N–H and O–H groups in total. The Kier molecular flexibility index (Phi) is 5.90. The van der Waals surface area contributed by atoms with Gasteiger partial charge >= 0.3 is 5.97 Å². The molecule has 0 aliphatic carbocycles. The summed E-state index contributed by atoms with van der Waals surface area (Å²) in [6, 6.07) is 7.77. The predicted molar refractivity (Wildman–Crippen MR) is 99.6 cm³/mol. The van der Waals surface area contributed by atoms with Gasteiger partial charge in [-0.25, -0.2) is 13.2 Å². The third kappa shape index (κ3) is 4.19. The second kappa shape index (κ2) is 8.17. The Labute approximate surface area is 160 Å². The van der Waals surface area contributed by atoms with Crippen molar-refractivity contribution < 1.29 is 27.5 Å². The lowest BCUT2D eigenvalue weighted by Crippen LogP contribution is -2.40. The van der Waals surface area contributed by atoms with Crippen molar-refractivity contribution in [1.82, 2.24) is 4.31 Å². The van der Waals surface area contributed by atoms with Gasteiger partial charge in [0.25, 0.3) is 5.91 Å². The molecule has 3 rings (SSSR count). The van der Waals surface area contributed by atoms with E-state index >= 15 is 0 Å². The van der Waals surface area contributed by atoms with Gasteiger partial charge in [0.2, 0.25) is 10.0 Å². The van der Waals surface area contributed by atoms with Crippen molar-refractivity contribution in [2.45, 2.75) is 4.90 Å². The number of thiophene rings is 1. The topological polar surface area (TPSA) is 102 Å². The minimum atomic E-state index is -3.66. The Balaban J connectivity index is 1.79. The number of nitrogens with zero attached hydrogens (tertiary/aromatic N) is 1. The van der Waals surface area contributed by atoms with Crippen LogP contribution in [-0.2, 0) is 19.5 Å². The van der Waals surface area contributed by atoms with Gasteiger partial charge < -0.3 is 14.8 Å². The van der Waals surface area contributed by atoms with Crippen molar-refractivity contribution in [3.8, 4) is 0 Å². The highest BCUT2D eigenvalue weighted by Gasteiger charge is 2.28. The normalized spacial score (nSPS) is 15.3. The number of benzene rings is 1. The molecule has 1 aromatic heterocycles. The van der Waals surface area contributed by atoms with Gasteiger partial charge in [0.1, 0.15) is 0 Å². The summed E-state index contributed by atoms with van der Waals surface area (Å²) in [6.07, 6.45) is 0. The zero-order chi connectivity index (χ0) is 19.4. The van der Waals surface area contributed by atoms with Crippen molar-refractivity contribution in [2.24, 2.45) is 0 Å². The Bertz CT molecular complexity index is 948. The van der Waals surface area contributed by atoms with Crippen molar-refractivity contribution in [1.29, 1.82) is 0 Å². The van der Waals surface area contributed by atoms with Gasteiger partial charge in [0.15, 0.2) is 0 Å². The highest BCUT2D eigenvalue weighted by molar-refractivity contribution is 7.89. The fourth-order valence-corrected chi connectivity index (χ4v) is 5.14. The molecule has 144 valence electrons. The quantitative estimate of drug-likeness (QED) is 0.755. The molecule has 0 saturated carbocycles. The molecule has 8 nitrogen and oxygen atoms in total. The number of esters is 1. The van der Waals surface area contributed by atoms with Crippen LogP contribution in [0, 0.1) is 0 Å². The van der Waals surface area contributed by atoms with E-state index in [1.165, 1.54) is 28.9 Å². The van der Waals surface area contributed by atoms with Crippen molar-refractivity contribution in [3.63, 3.8) is 0 Å². The lowest BCUT2D eigenvalue weighted by molar-refractivity contribution is 0.0602. The number of hydrogen-bond donors (Lipinski definition) is 1. The summed E-state index contributed by atoms with van der Waals surface area (Å²) < 4.78 is 36.5. The van der Waals surface area contributed by atoms with Crippen LogP contribution in [0.2, 0.25) is 0 Å². The minimum Gasteiger partial charge on any atom is -0.465 e. The van der Waals surface area contributed by atoms with E-state index in [-0.39, 0.29) is 28.4 Å².